The monoisotopic (exact) mass is 307 g/mol. The second kappa shape index (κ2) is 6.45. The number of aromatic nitrogens is 1. The molecule has 4 nitrogen and oxygen atoms in total. The van der Waals surface area contributed by atoms with Gasteiger partial charge in [0.1, 0.15) is 11.5 Å². The van der Waals surface area contributed by atoms with E-state index in [9.17, 15) is 5.11 Å². The van der Waals surface area contributed by atoms with E-state index in [2.05, 4.69) is 4.98 Å². The van der Waals surface area contributed by atoms with Crippen molar-refractivity contribution in [1.29, 1.82) is 0 Å². The minimum atomic E-state index is -0.836. The molecule has 1 aromatic heterocycles. The summed E-state index contributed by atoms with van der Waals surface area (Å²) >= 11 is 1.55. The fourth-order valence-electron chi connectivity index (χ4n) is 2.05. The van der Waals surface area contributed by atoms with E-state index < -0.39 is 5.60 Å². The molecule has 0 aliphatic rings. The van der Waals surface area contributed by atoms with Crippen molar-refractivity contribution in [2.24, 2.45) is 0 Å². The Kier molecular flexibility index (Phi) is 4.85. The van der Waals surface area contributed by atoms with Crippen molar-refractivity contribution in [3.05, 3.63) is 39.8 Å². The number of hydrogen-bond donors (Lipinski definition) is 1. The number of aliphatic hydroxyl groups is 1. The minimum absolute atomic E-state index is 0.560. The maximum atomic E-state index is 10.1. The van der Waals surface area contributed by atoms with Crippen molar-refractivity contribution in [3.63, 3.8) is 0 Å². The predicted octanol–water partition coefficient (Wildman–Crippen LogP) is 3.31. The lowest BCUT2D eigenvalue weighted by atomic mass is 10.1. The van der Waals surface area contributed by atoms with Crippen molar-refractivity contribution >= 4 is 11.3 Å². The first-order valence-electron chi connectivity index (χ1n) is 6.86. The SMILES string of the molecule is COc1ccc(OCCc2nc(C)c(C(C)(C)O)s2)cc1. The Labute approximate surface area is 129 Å². The van der Waals surface area contributed by atoms with Gasteiger partial charge in [-0.2, -0.15) is 0 Å². The summed E-state index contributed by atoms with van der Waals surface area (Å²) in [6, 6.07) is 7.51. The lowest BCUT2D eigenvalue weighted by Crippen LogP contribution is -2.14. The summed E-state index contributed by atoms with van der Waals surface area (Å²) in [6.45, 7) is 6.05. The summed E-state index contributed by atoms with van der Waals surface area (Å²) in [5.41, 5.74) is 0.0589. The van der Waals surface area contributed by atoms with Crippen LogP contribution in [0.2, 0.25) is 0 Å². The van der Waals surface area contributed by atoms with Crippen molar-refractivity contribution in [2.45, 2.75) is 32.8 Å². The fraction of sp³-hybridized carbons (Fsp3) is 0.438. The van der Waals surface area contributed by atoms with Crippen molar-refractivity contribution in [3.8, 4) is 11.5 Å². The van der Waals surface area contributed by atoms with E-state index in [-0.39, 0.29) is 0 Å². The molecule has 2 aromatic rings. The van der Waals surface area contributed by atoms with Gasteiger partial charge in [0.2, 0.25) is 0 Å². The van der Waals surface area contributed by atoms with E-state index in [0.717, 1.165) is 33.5 Å². The van der Waals surface area contributed by atoms with E-state index in [1.807, 2.05) is 31.2 Å². The van der Waals surface area contributed by atoms with E-state index in [1.54, 1.807) is 32.3 Å². The quantitative estimate of drug-likeness (QED) is 0.889. The number of nitrogens with zero attached hydrogens (tertiary/aromatic N) is 1. The van der Waals surface area contributed by atoms with Gasteiger partial charge in [0.25, 0.3) is 0 Å². The average molecular weight is 307 g/mol. The molecule has 1 N–H and O–H groups in total. The van der Waals surface area contributed by atoms with Crippen LogP contribution in [0.25, 0.3) is 0 Å². The lowest BCUT2D eigenvalue weighted by molar-refractivity contribution is 0.0817. The molecule has 1 heterocycles. The van der Waals surface area contributed by atoms with Crippen LogP contribution >= 0.6 is 11.3 Å². The van der Waals surface area contributed by atoms with Crippen LogP contribution in [-0.2, 0) is 12.0 Å². The Hall–Kier alpha value is -1.59. The smallest absolute Gasteiger partial charge is 0.119 e. The highest BCUT2D eigenvalue weighted by Gasteiger charge is 2.22. The van der Waals surface area contributed by atoms with Crippen LogP contribution in [0.4, 0.5) is 0 Å². The minimum Gasteiger partial charge on any atom is -0.497 e. The topological polar surface area (TPSA) is 51.6 Å². The molecule has 21 heavy (non-hydrogen) atoms. The Bertz CT molecular complexity index is 585. The molecule has 114 valence electrons. The van der Waals surface area contributed by atoms with Crippen LogP contribution in [0.5, 0.6) is 11.5 Å². The zero-order chi connectivity index (χ0) is 15.5. The highest BCUT2D eigenvalue weighted by atomic mass is 32.1. The summed E-state index contributed by atoms with van der Waals surface area (Å²) in [7, 11) is 1.64. The summed E-state index contributed by atoms with van der Waals surface area (Å²) in [6.07, 6.45) is 0.730. The van der Waals surface area contributed by atoms with Crippen LogP contribution in [-0.4, -0.2) is 23.8 Å². The second-order valence-corrected chi connectivity index (χ2v) is 6.44. The van der Waals surface area contributed by atoms with Gasteiger partial charge >= 0.3 is 0 Å². The van der Waals surface area contributed by atoms with Gasteiger partial charge < -0.3 is 14.6 Å². The molecular weight excluding hydrogens is 286 g/mol. The highest BCUT2D eigenvalue weighted by molar-refractivity contribution is 7.11. The molecule has 2 rings (SSSR count). The maximum absolute atomic E-state index is 10.1. The molecule has 0 bridgehead atoms. The predicted molar refractivity (Wildman–Crippen MR) is 84.3 cm³/mol. The van der Waals surface area contributed by atoms with Gasteiger partial charge in [-0.25, -0.2) is 4.98 Å². The molecule has 0 fully saturated rings. The lowest BCUT2D eigenvalue weighted by Gasteiger charge is -2.15. The molecule has 0 spiro atoms. The standard InChI is InChI=1S/C16H21NO3S/c1-11-15(16(2,3)18)21-14(17-11)9-10-20-13-7-5-12(19-4)6-8-13/h5-8,18H,9-10H2,1-4H3. The highest BCUT2D eigenvalue weighted by Crippen LogP contribution is 2.29. The third-order valence-electron chi connectivity index (χ3n) is 3.04. The van der Waals surface area contributed by atoms with Crippen LogP contribution in [0.1, 0.15) is 29.4 Å². The van der Waals surface area contributed by atoms with Gasteiger partial charge in [-0.3, -0.25) is 0 Å². The van der Waals surface area contributed by atoms with Crippen molar-refractivity contribution in [2.75, 3.05) is 13.7 Å². The van der Waals surface area contributed by atoms with E-state index >= 15 is 0 Å². The molecule has 0 radical (unpaired) electrons. The number of aryl methyl sites for hydroxylation is 1. The van der Waals surface area contributed by atoms with Crippen LogP contribution in [0, 0.1) is 6.92 Å². The average Bonchev–Trinajstić information content (AvgIpc) is 2.81. The molecule has 0 unspecified atom stereocenters. The third-order valence-corrected chi connectivity index (χ3v) is 4.57. The van der Waals surface area contributed by atoms with Crippen molar-refractivity contribution < 1.29 is 14.6 Å². The molecule has 0 aliphatic heterocycles. The first-order valence-corrected chi connectivity index (χ1v) is 7.68. The van der Waals surface area contributed by atoms with Gasteiger partial charge in [-0.05, 0) is 45.0 Å². The summed E-state index contributed by atoms with van der Waals surface area (Å²) in [5.74, 6) is 1.62. The number of benzene rings is 1. The van der Waals surface area contributed by atoms with E-state index in [0.29, 0.717) is 6.61 Å². The summed E-state index contributed by atoms with van der Waals surface area (Å²) < 4.78 is 10.8. The van der Waals surface area contributed by atoms with Gasteiger partial charge in [0, 0.05) is 6.42 Å². The molecule has 0 saturated carbocycles. The molecule has 1 aromatic carbocycles. The largest absolute Gasteiger partial charge is 0.497 e. The zero-order valence-electron chi connectivity index (χ0n) is 12.8. The van der Waals surface area contributed by atoms with Gasteiger partial charge in [-0.1, -0.05) is 0 Å². The summed E-state index contributed by atoms with van der Waals surface area (Å²) in [5, 5.41) is 11.0. The first kappa shape index (κ1) is 15.8. The Balaban J connectivity index is 1.91. The Morgan fingerprint density at radius 3 is 2.33 bits per heavy atom. The summed E-state index contributed by atoms with van der Waals surface area (Å²) in [4.78, 5) is 5.41. The fourth-order valence-corrected chi connectivity index (χ4v) is 3.10. The first-order chi connectivity index (χ1) is 9.90. The number of rotatable bonds is 6. The van der Waals surface area contributed by atoms with E-state index in [1.165, 1.54) is 0 Å². The second-order valence-electron chi connectivity index (χ2n) is 5.36. The number of thiazole rings is 1. The molecule has 0 aliphatic carbocycles. The van der Waals surface area contributed by atoms with Gasteiger partial charge in [0.15, 0.2) is 0 Å². The van der Waals surface area contributed by atoms with Gasteiger partial charge in [0.05, 0.1) is 34.9 Å². The normalized spacial score (nSPS) is 11.5. The number of methoxy groups -OCH3 is 1. The maximum Gasteiger partial charge on any atom is 0.119 e. The Morgan fingerprint density at radius 2 is 1.81 bits per heavy atom. The zero-order valence-corrected chi connectivity index (χ0v) is 13.7. The van der Waals surface area contributed by atoms with Crippen molar-refractivity contribution in [1.82, 2.24) is 4.98 Å². The van der Waals surface area contributed by atoms with Crippen LogP contribution in [0.3, 0.4) is 0 Å². The van der Waals surface area contributed by atoms with Crippen LogP contribution in [0.15, 0.2) is 24.3 Å². The van der Waals surface area contributed by atoms with Crippen LogP contribution < -0.4 is 9.47 Å². The third kappa shape index (κ3) is 4.19. The molecule has 5 heteroatoms. The molecule has 0 amide bonds. The van der Waals surface area contributed by atoms with Gasteiger partial charge in [-0.15, -0.1) is 11.3 Å². The molecule has 0 saturated heterocycles. The number of hydrogen-bond acceptors (Lipinski definition) is 5. The molecular formula is C16H21NO3S. The van der Waals surface area contributed by atoms with E-state index in [4.69, 9.17) is 9.47 Å². The Morgan fingerprint density at radius 1 is 1.19 bits per heavy atom. The molecule has 0 atom stereocenters. The number of ether oxygens (including phenoxy) is 2.